The Morgan fingerprint density at radius 3 is 2.63 bits per heavy atom. The third-order valence-corrected chi connectivity index (χ3v) is 3.09. The maximum atomic E-state index is 12.1. The molecule has 0 unspecified atom stereocenters. The van der Waals surface area contributed by atoms with Crippen LogP contribution in [0.4, 0.5) is 5.69 Å². The molecule has 0 bridgehead atoms. The maximum absolute atomic E-state index is 12.1. The summed E-state index contributed by atoms with van der Waals surface area (Å²) in [6, 6.07) is 5.70. The van der Waals surface area contributed by atoms with Crippen molar-refractivity contribution in [2.24, 2.45) is 5.92 Å². The topological polar surface area (TPSA) is 49.3 Å². The summed E-state index contributed by atoms with van der Waals surface area (Å²) in [6.07, 6.45) is 1.65. The molecule has 0 aliphatic rings. The minimum Gasteiger partial charge on any atom is -0.384 e. The maximum Gasteiger partial charge on any atom is 0.227 e. The molecule has 0 aromatic heterocycles. The highest BCUT2D eigenvalue weighted by atomic mass is 16.2. The Labute approximate surface area is 115 Å². The minimum absolute atomic E-state index is 0.0277. The Kier molecular flexibility index (Phi) is 6.11. The van der Waals surface area contributed by atoms with Crippen LogP contribution in [0.3, 0.4) is 0 Å². The van der Waals surface area contributed by atoms with Gasteiger partial charge in [-0.25, -0.2) is 0 Å². The quantitative estimate of drug-likeness (QED) is 0.817. The van der Waals surface area contributed by atoms with Crippen molar-refractivity contribution >= 4 is 11.6 Å². The number of carbonyl (C=O) groups is 1. The Hall–Kier alpha value is -1.79. The molecular weight excluding hydrogens is 238 g/mol. The number of anilines is 1. The third kappa shape index (κ3) is 4.42. The summed E-state index contributed by atoms with van der Waals surface area (Å²) >= 11 is 0. The van der Waals surface area contributed by atoms with Crippen molar-refractivity contribution in [3.8, 4) is 11.8 Å². The largest absolute Gasteiger partial charge is 0.384 e. The van der Waals surface area contributed by atoms with Crippen molar-refractivity contribution in [1.82, 2.24) is 0 Å². The zero-order chi connectivity index (χ0) is 14.3. The summed E-state index contributed by atoms with van der Waals surface area (Å²) in [5.41, 5.74) is 2.53. The molecule has 2 N–H and O–H groups in total. The molecule has 0 radical (unpaired) electrons. The number of aliphatic hydroxyl groups excluding tert-OH is 1. The zero-order valence-corrected chi connectivity index (χ0v) is 11.8. The van der Waals surface area contributed by atoms with Crippen molar-refractivity contribution in [1.29, 1.82) is 0 Å². The van der Waals surface area contributed by atoms with Gasteiger partial charge in [-0.3, -0.25) is 4.79 Å². The van der Waals surface area contributed by atoms with Crippen molar-refractivity contribution in [2.75, 3.05) is 11.9 Å². The lowest BCUT2D eigenvalue weighted by Crippen LogP contribution is -2.22. The van der Waals surface area contributed by atoms with Gasteiger partial charge in [-0.2, -0.15) is 0 Å². The molecule has 19 heavy (non-hydrogen) atoms. The van der Waals surface area contributed by atoms with Crippen molar-refractivity contribution in [3.63, 3.8) is 0 Å². The van der Waals surface area contributed by atoms with Crippen molar-refractivity contribution in [2.45, 2.75) is 33.6 Å². The summed E-state index contributed by atoms with van der Waals surface area (Å²) in [5.74, 6) is 5.54. The lowest BCUT2D eigenvalue weighted by atomic mass is 10.0. The summed E-state index contributed by atoms with van der Waals surface area (Å²) in [7, 11) is 0. The normalized spacial score (nSPS) is 9.95. The summed E-state index contributed by atoms with van der Waals surface area (Å²) < 4.78 is 0. The molecule has 3 heteroatoms. The van der Waals surface area contributed by atoms with E-state index < -0.39 is 0 Å². The Morgan fingerprint density at radius 1 is 1.37 bits per heavy atom. The second-order valence-electron chi connectivity index (χ2n) is 4.51. The van der Waals surface area contributed by atoms with E-state index in [0.29, 0.717) is 5.69 Å². The highest BCUT2D eigenvalue weighted by Crippen LogP contribution is 2.19. The van der Waals surface area contributed by atoms with E-state index in [1.54, 1.807) is 0 Å². The number of rotatable bonds is 4. The van der Waals surface area contributed by atoms with E-state index in [0.717, 1.165) is 24.0 Å². The standard InChI is InChI=1S/C16H21NO2/c1-4-13(5-2)16(19)17-15-9-8-12(3)11-14(15)7-6-10-18/h8-9,11,13,18H,4-5,10H2,1-3H3,(H,17,19). The minimum atomic E-state index is -0.187. The molecule has 0 saturated heterocycles. The van der Waals surface area contributed by atoms with E-state index >= 15 is 0 Å². The zero-order valence-electron chi connectivity index (χ0n) is 11.8. The van der Waals surface area contributed by atoms with Crippen LogP contribution in [-0.2, 0) is 4.79 Å². The van der Waals surface area contributed by atoms with Gasteiger partial charge in [0.25, 0.3) is 0 Å². The van der Waals surface area contributed by atoms with Crippen LogP contribution >= 0.6 is 0 Å². The van der Waals surface area contributed by atoms with Gasteiger partial charge in [-0.05, 0) is 37.5 Å². The smallest absolute Gasteiger partial charge is 0.227 e. The Morgan fingerprint density at radius 2 is 2.05 bits per heavy atom. The predicted molar refractivity (Wildman–Crippen MR) is 77.8 cm³/mol. The van der Waals surface area contributed by atoms with E-state index in [1.807, 2.05) is 39.0 Å². The number of amides is 1. The van der Waals surface area contributed by atoms with Gasteiger partial charge in [-0.15, -0.1) is 0 Å². The number of hydrogen-bond acceptors (Lipinski definition) is 2. The van der Waals surface area contributed by atoms with Gasteiger partial charge in [0.05, 0.1) is 5.69 Å². The van der Waals surface area contributed by atoms with Crippen LogP contribution in [0.1, 0.15) is 37.8 Å². The monoisotopic (exact) mass is 259 g/mol. The molecule has 0 spiro atoms. The number of benzene rings is 1. The molecule has 0 aliphatic carbocycles. The number of aryl methyl sites for hydroxylation is 1. The molecule has 0 heterocycles. The van der Waals surface area contributed by atoms with Crippen LogP contribution in [0, 0.1) is 24.7 Å². The molecule has 3 nitrogen and oxygen atoms in total. The first-order valence-corrected chi connectivity index (χ1v) is 6.63. The second-order valence-corrected chi connectivity index (χ2v) is 4.51. The lowest BCUT2D eigenvalue weighted by Gasteiger charge is -2.14. The highest BCUT2D eigenvalue weighted by molar-refractivity contribution is 5.93. The van der Waals surface area contributed by atoms with Gasteiger partial charge in [0.2, 0.25) is 5.91 Å². The van der Waals surface area contributed by atoms with E-state index in [2.05, 4.69) is 17.2 Å². The molecule has 1 rings (SSSR count). The van der Waals surface area contributed by atoms with Crippen molar-refractivity contribution in [3.05, 3.63) is 29.3 Å². The van der Waals surface area contributed by atoms with Crippen LogP contribution < -0.4 is 5.32 Å². The average molecular weight is 259 g/mol. The fourth-order valence-electron chi connectivity index (χ4n) is 1.90. The van der Waals surface area contributed by atoms with Crippen molar-refractivity contribution < 1.29 is 9.90 Å². The number of nitrogens with one attached hydrogen (secondary N) is 1. The van der Waals surface area contributed by atoms with E-state index in [9.17, 15) is 4.79 Å². The van der Waals surface area contributed by atoms with E-state index in [1.165, 1.54) is 0 Å². The highest BCUT2D eigenvalue weighted by Gasteiger charge is 2.15. The molecule has 0 saturated carbocycles. The van der Waals surface area contributed by atoms with E-state index in [-0.39, 0.29) is 18.4 Å². The predicted octanol–water partition coefficient (Wildman–Crippen LogP) is 2.71. The third-order valence-electron chi connectivity index (χ3n) is 3.09. The van der Waals surface area contributed by atoms with Crippen LogP contribution in [0.2, 0.25) is 0 Å². The fraction of sp³-hybridized carbons (Fsp3) is 0.438. The number of carbonyl (C=O) groups excluding carboxylic acids is 1. The summed E-state index contributed by atoms with van der Waals surface area (Å²) in [5, 5.41) is 11.7. The number of hydrogen-bond donors (Lipinski definition) is 2. The Bertz CT molecular complexity index is 493. The number of aliphatic hydroxyl groups is 1. The first-order valence-electron chi connectivity index (χ1n) is 6.63. The van der Waals surface area contributed by atoms with Gasteiger partial charge in [0, 0.05) is 11.5 Å². The summed E-state index contributed by atoms with van der Waals surface area (Å²) in [4.78, 5) is 12.1. The first kappa shape index (κ1) is 15.3. The van der Waals surface area contributed by atoms with Crippen LogP contribution in [0.5, 0.6) is 0 Å². The van der Waals surface area contributed by atoms with Crippen LogP contribution in [0.25, 0.3) is 0 Å². The molecule has 0 atom stereocenters. The molecule has 0 aliphatic heterocycles. The van der Waals surface area contributed by atoms with E-state index in [4.69, 9.17) is 5.11 Å². The molecule has 0 fully saturated rings. The molecule has 1 aromatic carbocycles. The molecule has 1 aromatic rings. The average Bonchev–Trinajstić information content (AvgIpc) is 2.40. The molecule has 102 valence electrons. The van der Waals surface area contributed by atoms with Crippen LogP contribution in [0.15, 0.2) is 18.2 Å². The van der Waals surface area contributed by atoms with Gasteiger partial charge >= 0.3 is 0 Å². The van der Waals surface area contributed by atoms with Gasteiger partial charge in [0.15, 0.2) is 0 Å². The Balaban J connectivity index is 2.97. The summed E-state index contributed by atoms with van der Waals surface area (Å²) in [6.45, 7) is 5.80. The van der Waals surface area contributed by atoms with Crippen LogP contribution in [-0.4, -0.2) is 17.6 Å². The lowest BCUT2D eigenvalue weighted by molar-refractivity contribution is -0.120. The second kappa shape index (κ2) is 7.60. The first-order chi connectivity index (χ1) is 9.12. The fourth-order valence-corrected chi connectivity index (χ4v) is 1.90. The van der Waals surface area contributed by atoms with Gasteiger partial charge in [-0.1, -0.05) is 31.8 Å². The molecular formula is C16H21NO2. The van der Waals surface area contributed by atoms with Gasteiger partial charge in [0.1, 0.15) is 6.61 Å². The molecule has 1 amide bonds. The van der Waals surface area contributed by atoms with Gasteiger partial charge < -0.3 is 10.4 Å². The SMILES string of the molecule is CCC(CC)C(=O)Nc1ccc(C)cc1C#CCO.